The molecule has 1 aliphatic rings. The summed E-state index contributed by atoms with van der Waals surface area (Å²) in [5.41, 5.74) is 1.34. The summed E-state index contributed by atoms with van der Waals surface area (Å²) in [4.78, 5) is 26.6. The molecule has 42 heavy (non-hydrogen) atoms. The number of alkyl halides is 3. The van der Waals surface area contributed by atoms with Gasteiger partial charge in [-0.15, -0.1) is 0 Å². The standard InChI is InChI=1S/C32H31F3N2O4S/c1-2-24-26(18-21-11-7-10-20-9-3-4-14-25(20)21)28(22-12-8-13-23(17-22)32(33,34)35)30-37(29(24)39)27(31(40)41)19-36(42-30)15-5-6-16-38/h3-4,7-14,17,27,38H,2,5-6,15-16,18-19H2,1H3,(H,40,41). The number of pyridine rings is 1. The molecule has 0 radical (unpaired) electrons. The minimum absolute atomic E-state index is 0.0125. The van der Waals surface area contributed by atoms with Gasteiger partial charge in [0.05, 0.1) is 5.56 Å². The van der Waals surface area contributed by atoms with Crippen molar-refractivity contribution in [3.8, 4) is 11.1 Å². The molecule has 2 heterocycles. The topological polar surface area (TPSA) is 82.8 Å². The Morgan fingerprint density at radius 2 is 1.76 bits per heavy atom. The van der Waals surface area contributed by atoms with Gasteiger partial charge in [0.15, 0.2) is 0 Å². The number of unbranched alkanes of at least 4 members (excludes halogenated alkanes) is 1. The number of rotatable bonds is 9. The fourth-order valence-corrected chi connectivity index (χ4v) is 6.96. The van der Waals surface area contributed by atoms with E-state index < -0.39 is 29.3 Å². The number of carbonyl (C=O) groups is 1. The quantitative estimate of drug-likeness (QED) is 0.168. The first-order valence-corrected chi connectivity index (χ1v) is 14.6. The first-order chi connectivity index (χ1) is 20.1. The summed E-state index contributed by atoms with van der Waals surface area (Å²) in [6.45, 7) is 2.28. The van der Waals surface area contributed by atoms with Gasteiger partial charge in [-0.1, -0.05) is 61.5 Å². The van der Waals surface area contributed by atoms with Crippen LogP contribution in [0.3, 0.4) is 0 Å². The molecule has 0 amide bonds. The third-order valence-electron chi connectivity index (χ3n) is 7.66. The van der Waals surface area contributed by atoms with E-state index >= 15 is 0 Å². The van der Waals surface area contributed by atoms with Gasteiger partial charge in [0.25, 0.3) is 5.56 Å². The zero-order chi connectivity index (χ0) is 30.0. The van der Waals surface area contributed by atoms with Gasteiger partial charge < -0.3 is 10.2 Å². The van der Waals surface area contributed by atoms with E-state index in [4.69, 9.17) is 0 Å². The van der Waals surface area contributed by atoms with Gasteiger partial charge >= 0.3 is 12.1 Å². The Labute approximate surface area is 245 Å². The molecular formula is C32H31F3N2O4S. The van der Waals surface area contributed by atoms with Gasteiger partial charge in [-0.2, -0.15) is 13.2 Å². The summed E-state index contributed by atoms with van der Waals surface area (Å²) in [6, 6.07) is 17.4. The predicted octanol–water partition coefficient (Wildman–Crippen LogP) is 6.56. The summed E-state index contributed by atoms with van der Waals surface area (Å²) < 4.78 is 44.8. The van der Waals surface area contributed by atoms with E-state index in [9.17, 15) is 33.0 Å². The summed E-state index contributed by atoms with van der Waals surface area (Å²) in [5.74, 6) is -1.19. The first kappa shape index (κ1) is 29.9. The van der Waals surface area contributed by atoms with Crippen LogP contribution < -0.4 is 5.56 Å². The monoisotopic (exact) mass is 596 g/mol. The number of hydrogen-bond acceptors (Lipinski definition) is 5. The normalized spacial score (nSPS) is 15.6. The van der Waals surface area contributed by atoms with Crippen molar-refractivity contribution >= 4 is 28.7 Å². The lowest BCUT2D eigenvalue weighted by molar-refractivity contribution is -0.141. The molecule has 0 saturated carbocycles. The van der Waals surface area contributed by atoms with Crippen LogP contribution >= 0.6 is 11.9 Å². The predicted molar refractivity (Wildman–Crippen MR) is 158 cm³/mol. The molecule has 1 atom stereocenters. The zero-order valence-corrected chi connectivity index (χ0v) is 23.8. The minimum Gasteiger partial charge on any atom is -0.480 e. The van der Waals surface area contributed by atoms with E-state index in [1.165, 1.54) is 22.6 Å². The second-order valence-electron chi connectivity index (χ2n) is 10.3. The van der Waals surface area contributed by atoms with Crippen LogP contribution in [0.4, 0.5) is 13.2 Å². The highest BCUT2D eigenvalue weighted by Crippen LogP contribution is 2.43. The number of nitrogens with zero attached hydrogens (tertiary/aromatic N) is 2. The van der Waals surface area contributed by atoms with Gasteiger partial charge in [0.2, 0.25) is 0 Å². The highest BCUT2D eigenvalue weighted by atomic mass is 32.2. The van der Waals surface area contributed by atoms with Crippen LogP contribution in [0.15, 0.2) is 76.6 Å². The molecule has 3 aromatic carbocycles. The number of hydrogen-bond donors (Lipinski definition) is 2. The van der Waals surface area contributed by atoms with Crippen molar-refractivity contribution in [2.45, 2.75) is 49.9 Å². The Morgan fingerprint density at radius 1 is 1.02 bits per heavy atom. The van der Waals surface area contributed by atoms with E-state index in [2.05, 4.69) is 0 Å². The van der Waals surface area contributed by atoms with Crippen molar-refractivity contribution in [2.75, 3.05) is 19.7 Å². The fourth-order valence-electron chi connectivity index (χ4n) is 5.64. The maximum absolute atomic E-state index is 14.1. The molecule has 5 rings (SSSR count). The Morgan fingerprint density at radius 3 is 2.48 bits per heavy atom. The number of fused-ring (bicyclic) bond motifs is 2. The van der Waals surface area contributed by atoms with Crippen molar-refractivity contribution in [1.29, 1.82) is 0 Å². The van der Waals surface area contributed by atoms with Crippen molar-refractivity contribution in [3.05, 3.63) is 99.3 Å². The van der Waals surface area contributed by atoms with Crippen molar-refractivity contribution < 1.29 is 28.2 Å². The van der Waals surface area contributed by atoms with Gasteiger partial charge in [-0.3, -0.25) is 9.36 Å². The highest BCUT2D eigenvalue weighted by Gasteiger charge is 2.37. The Hall–Kier alpha value is -3.60. The van der Waals surface area contributed by atoms with E-state index in [1.807, 2.05) is 46.8 Å². The van der Waals surface area contributed by atoms with Crippen molar-refractivity contribution in [2.24, 2.45) is 0 Å². The largest absolute Gasteiger partial charge is 0.480 e. The summed E-state index contributed by atoms with van der Waals surface area (Å²) in [6.07, 6.45) is -2.92. The van der Waals surface area contributed by atoms with Gasteiger partial charge in [0.1, 0.15) is 11.1 Å². The highest BCUT2D eigenvalue weighted by molar-refractivity contribution is 7.97. The summed E-state index contributed by atoms with van der Waals surface area (Å²) in [7, 11) is 0. The van der Waals surface area contributed by atoms with Crippen LogP contribution in [-0.2, 0) is 23.8 Å². The first-order valence-electron chi connectivity index (χ1n) is 13.8. The van der Waals surface area contributed by atoms with Crippen molar-refractivity contribution in [3.63, 3.8) is 0 Å². The fraction of sp³-hybridized carbons (Fsp3) is 0.312. The smallest absolute Gasteiger partial charge is 0.416 e. The van der Waals surface area contributed by atoms with Gasteiger partial charge in [0, 0.05) is 30.8 Å². The molecule has 0 spiro atoms. The zero-order valence-electron chi connectivity index (χ0n) is 23.0. The number of carboxylic acid groups (broad SMARTS) is 1. The number of benzene rings is 3. The third kappa shape index (κ3) is 5.84. The molecule has 0 fully saturated rings. The molecule has 4 aromatic rings. The molecule has 6 nitrogen and oxygen atoms in total. The average molecular weight is 597 g/mol. The molecule has 1 unspecified atom stereocenters. The Bertz CT molecular complexity index is 1680. The number of aliphatic hydroxyl groups is 1. The lowest BCUT2D eigenvalue weighted by atomic mass is 9.89. The molecule has 0 saturated heterocycles. The van der Waals surface area contributed by atoms with Crippen LogP contribution in [-0.4, -0.2) is 44.8 Å². The summed E-state index contributed by atoms with van der Waals surface area (Å²) >= 11 is 1.20. The Balaban J connectivity index is 1.81. The SMILES string of the molecule is CCc1c(Cc2cccc3ccccc23)c(-c2cccc(C(F)(F)F)c2)c2n(c1=O)C(C(=O)O)CN(CCCCO)S2. The molecule has 1 aromatic heterocycles. The lowest BCUT2D eigenvalue weighted by Crippen LogP contribution is -2.43. The van der Waals surface area contributed by atoms with E-state index in [0.717, 1.165) is 28.5 Å². The minimum atomic E-state index is -4.59. The van der Waals surface area contributed by atoms with E-state index in [1.54, 1.807) is 13.0 Å². The number of carboxylic acids is 1. The number of halogens is 3. The maximum atomic E-state index is 14.1. The van der Waals surface area contributed by atoms with Gasteiger partial charge in [-0.25, -0.2) is 9.10 Å². The second-order valence-corrected chi connectivity index (χ2v) is 11.4. The molecule has 2 N–H and O–H groups in total. The molecule has 0 bridgehead atoms. The Kier molecular flexibility index (Phi) is 8.77. The third-order valence-corrected chi connectivity index (χ3v) is 8.82. The van der Waals surface area contributed by atoms with E-state index in [-0.39, 0.29) is 31.6 Å². The number of aliphatic carboxylic acids is 1. The maximum Gasteiger partial charge on any atom is 0.416 e. The van der Waals surface area contributed by atoms with Crippen LogP contribution in [0.2, 0.25) is 0 Å². The average Bonchev–Trinajstić information content (AvgIpc) is 2.97. The van der Waals surface area contributed by atoms with Crippen molar-refractivity contribution in [1.82, 2.24) is 8.87 Å². The van der Waals surface area contributed by atoms with Gasteiger partial charge in [-0.05, 0) is 77.2 Å². The molecule has 10 heteroatoms. The molecule has 0 aliphatic carbocycles. The van der Waals surface area contributed by atoms with Crippen LogP contribution in [0.1, 0.15) is 48.1 Å². The lowest BCUT2D eigenvalue weighted by Gasteiger charge is -2.35. The summed E-state index contributed by atoms with van der Waals surface area (Å²) in [5, 5.41) is 21.8. The van der Waals surface area contributed by atoms with Crippen LogP contribution in [0, 0.1) is 0 Å². The molecular weight excluding hydrogens is 565 g/mol. The molecule has 1 aliphatic heterocycles. The molecule has 220 valence electrons. The number of aromatic nitrogens is 1. The second kappa shape index (κ2) is 12.3. The van der Waals surface area contributed by atoms with Crippen LogP contribution in [0.25, 0.3) is 21.9 Å². The van der Waals surface area contributed by atoms with Crippen LogP contribution in [0.5, 0.6) is 0 Å². The number of aliphatic hydroxyl groups excluding tert-OH is 1. The van der Waals surface area contributed by atoms with E-state index in [0.29, 0.717) is 41.1 Å².